The molecule has 1 unspecified atom stereocenters. The molecule has 0 saturated carbocycles. The van der Waals surface area contributed by atoms with E-state index in [2.05, 4.69) is 26.4 Å². The van der Waals surface area contributed by atoms with Gasteiger partial charge in [0.15, 0.2) is 0 Å². The number of nitrogens with one attached hydrogen (secondary N) is 1. The summed E-state index contributed by atoms with van der Waals surface area (Å²) in [5, 5.41) is 7.59. The predicted octanol–water partition coefficient (Wildman–Crippen LogP) is 5.43. The number of halogens is 2. The molecular weight excluding hydrogens is 416 g/mol. The van der Waals surface area contributed by atoms with E-state index in [1.165, 1.54) is 0 Å². The van der Waals surface area contributed by atoms with Crippen molar-refractivity contribution < 1.29 is 9.32 Å². The average Bonchev–Trinajstić information content (AvgIpc) is 2.99. The lowest BCUT2D eigenvalue weighted by molar-refractivity contribution is 0.0939. The van der Waals surface area contributed by atoms with Gasteiger partial charge in [0, 0.05) is 16.1 Å². The van der Waals surface area contributed by atoms with Gasteiger partial charge in [-0.05, 0) is 44.0 Å². The Morgan fingerprint density at radius 1 is 1.23 bits per heavy atom. The Morgan fingerprint density at radius 2 is 1.92 bits per heavy atom. The van der Waals surface area contributed by atoms with Crippen LogP contribution in [0, 0.1) is 6.92 Å². The van der Waals surface area contributed by atoms with Gasteiger partial charge >= 0.3 is 0 Å². The molecule has 0 aliphatic carbocycles. The van der Waals surface area contributed by atoms with Crippen molar-refractivity contribution in [2.45, 2.75) is 26.3 Å². The summed E-state index contributed by atoms with van der Waals surface area (Å²) in [6, 6.07) is 15.3. The fourth-order valence-electron chi connectivity index (χ4n) is 2.80. The normalized spacial score (nSPS) is 12.0. The number of carbonyl (C=O) groups excluding carboxylic acids is 1. The molecule has 1 heterocycles. The van der Waals surface area contributed by atoms with E-state index in [1.54, 1.807) is 13.0 Å². The molecule has 3 aromatic rings. The van der Waals surface area contributed by atoms with Crippen molar-refractivity contribution in [3.63, 3.8) is 0 Å². The maximum Gasteiger partial charge on any atom is 0.257 e. The summed E-state index contributed by atoms with van der Waals surface area (Å²) in [5.74, 6) is 0.247. The standard InChI is InChI=1S/C20H18BrClN2O2/c1-12(11-14-7-9-15(21)10-8-14)23-20(25)18-13(2)26-24-19(18)16-5-3-4-6-17(16)22/h3-10,12H,11H2,1-2H3,(H,23,25). The van der Waals surface area contributed by atoms with Gasteiger partial charge in [-0.3, -0.25) is 4.79 Å². The molecule has 1 amide bonds. The van der Waals surface area contributed by atoms with Crippen molar-refractivity contribution in [2.24, 2.45) is 0 Å². The number of aromatic nitrogens is 1. The maximum absolute atomic E-state index is 12.8. The zero-order valence-electron chi connectivity index (χ0n) is 14.4. The fourth-order valence-corrected chi connectivity index (χ4v) is 3.29. The summed E-state index contributed by atoms with van der Waals surface area (Å²) in [6.07, 6.45) is 0.727. The third-order valence-corrected chi connectivity index (χ3v) is 4.91. The van der Waals surface area contributed by atoms with E-state index >= 15 is 0 Å². The SMILES string of the molecule is Cc1onc(-c2ccccc2Cl)c1C(=O)NC(C)Cc1ccc(Br)cc1. The van der Waals surface area contributed by atoms with Gasteiger partial charge in [0.1, 0.15) is 17.0 Å². The molecule has 26 heavy (non-hydrogen) atoms. The molecule has 1 atom stereocenters. The van der Waals surface area contributed by atoms with Crippen LogP contribution in [0.15, 0.2) is 57.5 Å². The van der Waals surface area contributed by atoms with Gasteiger partial charge in [-0.1, -0.05) is 63.0 Å². The highest BCUT2D eigenvalue weighted by Gasteiger charge is 2.24. The van der Waals surface area contributed by atoms with E-state index in [1.807, 2.05) is 49.4 Å². The van der Waals surface area contributed by atoms with Crippen molar-refractivity contribution in [2.75, 3.05) is 0 Å². The Balaban J connectivity index is 1.79. The van der Waals surface area contributed by atoms with Gasteiger partial charge in [0.2, 0.25) is 0 Å². The number of aryl methyl sites for hydroxylation is 1. The Hall–Kier alpha value is -2.11. The van der Waals surface area contributed by atoms with Crippen LogP contribution < -0.4 is 5.32 Å². The highest BCUT2D eigenvalue weighted by molar-refractivity contribution is 9.10. The smallest absolute Gasteiger partial charge is 0.257 e. The van der Waals surface area contributed by atoms with Crippen molar-refractivity contribution >= 4 is 33.4 Å². The van der Waals surface area contributed by atoms with Crippen LogP contribution in [0.3, 0.4) is 0 Å². The van der Waals surface area contributed by atoms with Gasteiger partial charge in [0.05, 0.1) is 5.02 Å². The van der Waals surface area contributed by atoms with Crippen LogP contribution in [-0.4, -0.2) is 17.1 Å². The van der Waals surface area contributed by atoms with Crippen LogP contribution in [-0.2, 0) is 6.42 Å². The maximum atomic E-state index is 12.8. The summed E-state index contributed by atoms with van der Waals surface area (Å²) < 4.78 is 6.29. The van der Waals surface area contributed by atoms with Gasteiger partial charge in [-0.25, -0.2) is 0 Å². The molecular formula is C20H18BrClN2O2. The third kappa shape index (κ3) is 4.17. The first-order valence-corrected chi connectivity index (χ1v) is 9.39. The summed E-state index contributed by atoms with van der Waals surface area (Å²) in [6.45, 7) is 3.69. The number of benzene rings is 2. The van der Waals surface area contributed by atoms with Crippen molar-refractivity contribution in [1.29, 1.82) is 0 Å². The van der Waals surface area contributed by atoms with Crippen molar-refractivity contribution in [3.8, 4) is 11.3 Å². The van der Waals surface area contributed by atoms with Crippen LogP contribution in [0.2, 0.25) is 5.02 Å². The zero-order valence-corrected chi connectivity index (χ0v) is 16.8. The summed E-state index contributed by atoms with van der Waals surface area (Å²) in [5.41, 5.74) is 2.70. The molecule has 1 aromatic heterocycles. The largest absolute Gasteiger partial charge is 0.360 e. The van der Waals surface area contributed by atoms with Crippen LogP contribution >= 0.6 is 27.5 Å². The minimum absolute atomic E-state index is 0.0444. The molecule has 0 aliphatic heterocycles. The second kappa shape index (κ2) is 8.06. The van der Waals surface area contributed by atoms with E-state index in [4.69, 9.17) is 16.1 Å². The van der Waals surface area contributed by atoms with Crippen molar-refractivity contribution in [3.05, 3.63) is 74.9 Å². The molecule has 134 valence electrons. The minimum Gasteiger partial charge on any atom is -0.360 e. The Morgan fingerprint density at radius 3 is 2.62 bits per heavy atom. The van der Waals surface area contributed by atoms with Crippen LogP contribution in [0.25, 0.3) is 11.3 Å². The second-order valence-corrected chi connectivity index (χ2v) is 7.47. The number of nitrogens with zero attached hydrogens (tertiary/aromatic N) is 1. The van der Waals surface area contributed by atoms with Crippen molar-refractivity contribution in [1.82, 2.24) is 10.5 Å². The first kappa shape index (κ1) is 18.7. The number of hydrogen-bond donors (Lipinski definition) is 1. The number of rotatable bonds is 5. The monoisotopic (exact) mass is 432 g/mol. The van der Waals surface area contributed by atoms with E-state index in [0.717, 1.165) is 16.5 Å². The van der Waals surface area contributed by atoms with Crippen LogP contribution in [0.4, 0.5) is 0 Å². The lowest BCUT2D eigenvalue weighted by atomic mass is 10.0. The molecule has 1 N–H and O–H groups in total. The Labute approximate surface area is 165 Å². The van der Waals surface area contributed by atoms with Gasteiger partial charge in [0.25, 0.3) is 5.91 Å². The summed E-state index contributed by atoms with van der Waals surface area (Å²) in [7, 11) is 0. The van der Waals surface area contributed by atoms with Gasteiger partial charge in [-0.2, -0.15) is 0 Å². The molecule has 0 fully saturated rings. The van der Waals surface area contributed by atoms with Crippen LogP contribution in [0.1, 0.15) is 28.6 Å². The van der Waals surface area contributed by atoms with E-state index in [0.29, 0.717) is 27.6 Å². The van der Waals surface area contributed by atoms with Gasteiger partial charge in [-0.15, -0.1) is 0 Å². The van der Waals surface area contributed by atoms with E-state index in [-0.39, 0.29) is 11.9 Å². The Kier molecular flexibility index (Phi) is 5.79. The Bertz CT molecular complexity index is 922. The number of carbonyl (C=O) groups is 1. The summed E-state index contributed by atoms with van der Waals surface area (Å²) in [4.78, 5) is 12.8. The lowest BCUT2D eigenvalue weighted by Gasteiger charge is -2.14. The molecule has 0 spiro atoms. The third-order valence-electron chi connectivity index (χ3n) is 4.05. The zero-order chi connectivity index (χ0) is 18.7. The van der Waals surface area contributed by atoms with E-state index < -0.39 is 0 Å². The molecule has 6 heteroatoms. The molecule has 0 aliphatic rings. The fraction of sp³-hybridized carbons (Fsp3) is 0.200. The van der Waals surface area contributed by atoms with E-state index in [9.17, 15) is 4.79 Å². The number of hydrogen-bond acceptors (Lipinski definition) is 3. The average molecular weight is 434 g/mol. The molecule has 4 nitrogen and oxygen atoms in total. The molecule has 2 aromatic carbocycles. The minimum atomic E-state index is -0.219. The molecule has 0 radical (unpaired) electrons. The van der Waals surface area contributed by atoms with Gasteiger partial charge < -0.3 is 9.84 Å². The van der Waals surface area contributed by atoms with Crippen LogP contribution in [0.5, 0.6) is 0 Å². The molecule has 3 rings (SSSR count). The first-order valence-electron chi connectivity index (χ1n) is 8.22. The molecule has 0 bridgehead atoms. The lowest BCUT2D eigenvalue weighted by Crippen LogP contribution is -2.34. The topological polar surface area (TPSA) is 55.1 Å². The number of amides is 1. The highest BCUT2D eigenvalue weighted by atomic mass is 79.9. The summed E-state index contributed by atoms with van der Waals surface area (Å²) >= 11 is 9.68. The molecule has 0 saturated heterocycles. The second-order valence-electron chi connectivity index (χ2n) is 6.15. The quantitative estimate of drug-likeness (QED) is 0.584. The highest BCUT2D eigenvalue weighted by Crippen LogP contribution is 2.31. The predicted molar refractivity (Wildman–Crippen MR) is 106 cm³/mol. The first-order chi connectivity index (χ1) is 12.5.